The third-order valence-corrected chi connectivity index (χ3v) is 4.47. The molecule has 0 fully saturated rings. The lowest BCUT2D eigenvalue weighted by atomic mass is 10.0. The first-order chi connectivity index (χ1) is 13.4. The van der Waals surface area contributed by atoms with E-state index in [9.17, 15) is 19.8 Å². The van der Waals surface area contributed by atoms with Crippen LogP contribution >= 0.6 is 11.6 Å². The lowest BCUT2D eigenvalue weighted by Gasteiger charge is -2.18. The SMILES string of the molecule is COc1ccccc1CC(Nc1nc2ccc(Cl)cc2cc1C(=O)O)C(=O)O. The molecule has 3 aromatic rings. The Bertz CT molecular complexity index is 1050. The predicted octanol–water partition coefficient (Wildman–Crippen LogP) is 3.70. The monoisotopic (exact) mass is 400 g/mol. The number of aromatic nitrogens is 1. The second kappa shape index (κ2) is 8.14. The summed E-state index contributed by atoms with van der Waals surface area (Å²) in [7, 11) is 1.50. The first-order valence-electron chi connectivity index (χ1n) is 8.34. The van der Waals surface area contributed by atoms with Gasteiger partial charge in [0.15, 0.2) is 0 Å². The molecule has 0 aliphatic heterocycles. The van der Waals surface area contributed by atoms with E-state index in [4.69, 9.17) is 16.3 Å². The van der Waals surface area contributed by atoms with Crippen LogP contribution in [0.1, 0.15) is 15.9 Å². The van der Waals surface area contributed by atoms with Crippen molar-refractivity contribution in [1.29, 1.82) is 0 Å². The number of carboxylic acids is 2. The molecule has 28 heavy (non-hydrogen) atoms. The highest BCUT2D eigenvalue weighted by Gasteiger charge is 2.23. The number of methoxy groups -OCH3 is 1. The molecule has 8 heteroatoms. The highest BCUT2D eigenvalue weighted by atomic mass is 35.5. The number of fused-ring (bicyclic) bond motifs is 1. The number of aromatic carboxylic acids is 1. The number of rotatable bonds is 7. The quantitative estimate of drug-likeness (QED) is 0.554. The summed E-state index contributed by atoms with van der Waals surface area (Å²) in [6.07, 6.45) is 0.0821. The summed E-state index contributed by atoms with van der Waals surface area (Å²) in [5, 5.41) is 22.9. The van der Waals surface area contributed by atoms with Crippen molar-refractivity contribution in [3.63, 3.8) is 0 Å². The molecule has 144 valence electrons. The molecule has 3 rings (SSSR count). The van der Waals surface area contributed by atoms with E-state index in [2.05, 4.69) is 10.3 Å². The number of ether oxygens (including phenoxy) is 1. The minimum Gasteiger partial charge on any atom is -0.496 e. The van der Waals surface area contributed by atoms with Gasteiger partial charge in [-0.15, -0.1) is 0 Å². The molecule has 2 aromatic carbocycles. The molecule has 3 N–H and O–H groups in total. The number of para-hydroxylation sites is 1. The van der Waals surface area contributed by atoms with Crippen molar-refractivity contribution < 1.29 is 24.5 Å². The molecule has 0 radical (unpaired) electrons. The fourth-order valence-corrected chi connectivity index (χ4v) is 3.06. The van der Waals surface area contributed by atoms with Crippen molar-refractivity contribution in [3.05, 3.63) is 64.7 Å². The van der Waals surface area contributed by atoms with Crippen molar-refractivity contribution in [2.24, 2.45) is 0 Å². The van der Waals surface area contributed by atoms with Gasteiger partial charge in [-0.2, -0.15) is 0 Å². The van der Waals surface area contributed by atoms with E-state index in [1.54, 1.807) is 42.5 Å². The van der Waals surface area contributed by atoms with Gasteiger partial charge in [0.1, 0.15) is 23.2 Å². The zero-order valence-corrected chi connectivity index (χ0v) is 15.6. The fraction of sp³-hybridized carbons (Fsp3) is 0.150. The molecule has 0 aliphatic rings. The number of halogens is 1. The van der Waals surface area contributed by atoms with Crippen LogP contribution in [0.4, 0.5) is 5.82 Å². The number of hydrogen-bond donors (Lipinski definition) is 3. The minimum absolute atomic E-state index is 0.0235. The van der Waals surface area contributed by atoms with Gasteiger partial charge >= 0.3 is 11.9 Å². The zero-order valence-electron chi connectivity index (χ0n) is 14.8. The third-order valence-electron chi connectivity index (χ3n) is 4.23. The second-order valence-electron chi connectivity index (χ2n) is 6.08. The Kier molecular flexibility index (Phi) is 5.65. The average molecular weight is 401 g/mol. The van der Waals surface area contributed by atoms with Gasteiger partial charge < -0.3 is 20.3 Å². The summed E-state index contributed by atoms with van der Waals surface area (Å²) in [5.41, 5.74) is 1.04. The maximum atomic E-state index is 11.8. The summed E-state index contributed by atoms with van der Waals surface area (Å²) in [6, 6.07) is 12.2. The third kappa shape index (κ3) is 4.15. The molecule has 1 aromatic heterocycles. The molecule has 0 bridgehead atoms. The van der Waals surface area contributed by atoms with Crippen LogP contribution in [0, 0.1) is 0 Å². The van der Waals surface area contributed by atoms with Gasteiger partial charge in [0, 0.05) is 16.8 Å². The van der Waals surface area contributed by atoms with Crippen molar-refractivity contribution in [2.45, 2.75) is 12.5 Å². The maximum Gasteiger partial charge on any atom is 0.339 e. The second-order valence-corrected chi connectivity index (χ2v) is 6.51. The Morgan fingerprint density at radius 2 is 1.93 bits per heavy atom. The Balaban J connectivity index is 1.99. The van der Waals surface area contributed by atoms with E-state index >= 15 is 0 Å². The van der Waals surface area contributed by atoms with E-state index in [0.29, 0.717) is 27.2 Å². The van der Waals surface area contributed by atoms with Gasteiger partial charge in [-0.05, 0) is 35.9 Å². The number of carbonyl (C=O) groups is 2. The highest BCUT2D eigenvalue weighted by Crippen LogP contribution is 2.25. The Hall–Kier alpha value is -3.32. The average Bonchev–Trinajstić information content (AvgIpc) is 2.67. The fourth-order valence-electron chi connectivity index (χ4n) is 2.88. The Labute approximate surface area is 165 Å². The lowest BCUT2D eigenvalue weighted by Crippen LogP contribution is -2.32. The molecule has 1 unspecified atom stereocenters. The van der Waals surface area contributed by atoms with Crippen molar-refractivity contribution in [1.82, 2.24) is 4.98 Å². The van der Waals surface area contributed by atoms with Crippen LogP contribution in [0.25, 0.3) is 10.9 Å². The number of nitrogens with one attached hydrogen (secondary N) is 1. The van der Waals surface area contributed by atoms with Gasteiger partial charge in [-0.3, -0.25) is 0 Å². The molecule has 1 heterocycles. The molecule has 7 nitrogen and oxygen atoms in total. The van der Waals surface area contributed by atoms with Crippen LogP contribution < -0.4 is 10.1 Å². The topological polar surface area (TPSA) is 109 Å². The van der Waals surface area contributed by atoms with E-state index in [0.717, 1.165) is 0 Å². The first kappa shape index (κ1) is 19.4. The zero-order chi connectivity index (χ0) is 20.3. The summed E-state index contributed by atoms with van der Waals surface area (Å²) in [5.74, 6) is -1.83. The van der Waals surface area contributed by atoms with Crippen LogP contribution in [0.15, 0.2) is 48.5 Å². The van der Waals surface area contributed by atoms with Crippen LogP contribution in [0.2, 0.25) is 5.02 Å². The van der Waals surface area contributed by atoms with Crippen LogP contribution in [-0.2, 0) is 11.2 Å². The van der Waals surface area contributed by atoms with Crippen molar-refractivity contribution >= 4 is 40.3 Å². The first-order valence-corrected chi connectivity index (χ1v) is 8.71. The van der Waals surface area contributed by atoms with Gasteiger partial charge in [0.2, 0.25) is 0 Å². The van der Waals surface area contributed by atoms with E-state index in [-0.39, 0.29) is 17.8 Å². The maximum absolute atomic E-state index is 11.8. The molecule has 0 aliphatic carbocycles. The summed E-state index contributed by atoms with van der Waals surface area (Å²) < 4.78 is 5.26. The van der Waals surface area contributed by atoms with Crippen LogP contribution in [0.5, 0.6) is 5.75 Å². The molecule has 1 atom stereocenters. The molecular formula is C20H17ClN2O5. The van der Waals surface area contributed by atoms with Gasteiger partial charge in [-0.1, -0.05) is 29.8 Å². The van der Waals surface area contributed by atoms with Crippen molar-refractivity contribution in [2.75, 3.05) is 12.4 Å². The normalized spacial score (nSPS) is 11.8. The van der Waals surface area contributed by atoms with Crippen LogP contribution in [0.3, 0.4) is 0 Å². The van der Waals surface area contributed by atoms with Gasteiger partial charge in [-0.25, -0.2) is 14.6 Å². The smallest absolute Gasteiger partial charge is 0.339 e. The Morgan fingerprint density at radius 1 is 1.18 bits per heavy atom. The van der Waals surface area contributed by atoms with E-state index in [1.165, 1.54) is 13.2 Å². The highest BCUT2D eigenvalue weighted by molar-refractivity contribution is 6.31. The number of nitrogens with zero attached hydrogens (tertiary/aromatic N) is 1. The largest absolute Gasteiger partial charge is 0.496 e. The minimum atomic E-state index is -1.22. The van der Waals surface area contributed by atoms with E-state index < -0.39 is 18.0 Å². The molecule has 0 saturated heterocycles. The number of aliphatic carboxylic acids is 1. The van der Waals surface area contributed by atoms with Gasteiger partial charge in [0.25, 0.3) is 0 Å². The Morgan fingerprint density at radius 3 is 2.61 bits per heavy atom. The number of benzene rings is 2. The standard InChI is InChI=1S/C20H17ClN2O5/c1-28-17-5-3-2-4-11(17)10-16(20(26)27)23-18-14(19(24)25)9-12-8-13(21)6-7-15(12)22-18/h2-9,16H,10H2,1H3,(H,22,23)(H,24,25)(H,26,27). The number of pyridine rings is 1. The summed E-state index contributed by atoms with van der Waals surface area (Å²) >= 11 is 5.95. The van der Waals surface area contributed by atoms with Crippen LogP contribution in [-0.4, -0.2) is 40.3 Å². The number of anilines is 1. The molecule has 0 saturated carbocycles. The van der Waals surface area contributed by atoms with Crippen molar-refractivity contribution in [3.8, 4) is 5.75 Å². The molecule has 0 spiro atoms. The predicted molar refractivity (Wildman–Crippen MR) is 105 cm³/mol. The molecule has 0 amide bonds. The summed E-state index contributed by atoms with van der Waals surface area (Å²) in [4.78, 5) is 27.8. The van der Waals surface area contributed by atoms with E-state index in [1.807, 2.05) is 0 Å². The van der Waals surface area contributed by atoms with Gasteiger partial charge in [0.05, 0.1) is 12.6 Å². The summed E-state index contributed by atoms with van der Waals surface area (Å²) in [6.45, 7) is 0. The number of carboxylic acid groups (broad SMARTS) is 2. The lowest BCUT2D eigenvalue weighted by molar-refractivity contribution is -0.137. The molecular weight excluding hydrogens is 384 g/mol. The number of hydrogen-bond acceptors (Lipinski definition) is 5.